The van der Waals surface area contributed by atoms with Gasteiger partial charge in [-0.15, -0.1) is 0 Å². The molecule has 0 N–H and O–H groups in total. The Bertz CT molecular complexity index is 1040. The molecule has 0 atom stereocenters. The number of hydrogen-bond acceptors (Lipinski definition) is 4. The number of nitrogens with zero attached hydrogens (tertiary/aromatic N) is 5. The fourth-order valence-corrected chi connectivity index (χ4v) is 4.60. The first-order chi connectivity index (χ1) is 15.2. The Hall–Kier alpha value is -3.28. The van der Waals surface area contributed by atoms with Gasteiger partial charge in [0.05, 0.1) is 5.69 Å². The molecule has 1 aromatic heterocycles. The Kier molecular flexibility index (Phi) is 5.37. The summed E-state index contributed by atoms with van der Waals surface area (Å²) in [5, 5.41) is 4.58. The van der Waals surface area contributed by atoms with Gasteiger partial charge in [0.1, 0.15) is 5.82 Å². The van der Waals surface area contributed by atoms with Crippen molar-refractivity contribution in [1.82, 2.24) is 14.7 Å². The highest BCUT2D eigenvalue weighted by molar-refractivity contribution is 5.94. The highest BCUT2D eigenvalue weighted by Crippen LogP contribution is 2.24. The van der Waals surface area contributed by atoms with E-state index in [0.717, 1.165) is 63.5 Å². The molecule has 2 aliphatic rings. The van der Waals surface area contributed by atoms with Crippen LogP contribution in [0, 0.1) is 6.92 Å². The number of para-hydroxylation sites is 1. The van der Waals surface area contributed by atoms with E-state index >= 15 is 0 Å². The monoisotopic (exact) mass is 415 g/mol. The molecule has 6 heteroatoms. The second-order valence-electron chi connectivity index (χ2n) is 8.45. The molecule has 0 aliphatic carbocycles. The number of piperazine rings is 1. The van der Waals surface area contributed by atoms with Crippen LogP contribution in [0.15, 0.2) is 60.7 Å². The van der Waals surface area contributed by atoms with Crippen molar-refractivity contribution in [3.8, 4) is 0 Å². The van der Waals surface area contributed by atoms with Crippen LogP contribution in [0.2, 0.25) is 0 Å². The molecule has 1 amide bonds. The molecule has 31 heavy (non-hydrogen) atoms. The summed E-state index contributed by atoms with van der Waals surface area (Å²) in [6.07, 6.45) is 1.11. The third kappa shape index (κ3) is 4.15. The molecule has 1 saturated heterocycles. The third-order valence-electron chi connectivity index (χ3n) is 6.27. The molecule has 0 bridgehead atoms. The summed E-state index contributed by atoms with van der Waals surface area (Å²) < 4.78 is 2.10. The van der Waals surface area contributed by atoms with Gasteiger partial charge in [-0.1, -0.05) is 30.3 Å². The number of amides is 1. The zero-order valence-corrected chi connectivity index (χ0v) is 18.1. The second kappa shape index (κ2) is 8.46. The number of benzene rings is 2. The molecule has 2 aromatic carbocycles. The molecule has 0 unspecified atom stereocenters. The lowest BCUT2D eigenvalue weighted by molar-refractivity contribution is 0.0747. The van der Waals surface area contributed by atoms with Crippen LogP contribution in [0.5, 0.6) is 0 Å². The van der Waals surface area contributed by atoms with Crippen molar-refractivity contribution < 1.29 is 4.79 Å². The summed E-state index contributed by atoms with van der Waals surface area (Å²) in [6.45, 7) is 8.17. The maximum atomic E-state index is 13.0. The van der Waals surface area contributed by atoms with Crippen molar-refractivity contribution in [2.45, 2.75) is 26.4 Å². The SMILES string of the molecule is Cc1cc2n(n1)CCCN2Cc1ccc(C(=O)N2CCN(c3ccccc3)CC2)cc1. The van der Waals surface area contributed by atoms with Gasteiger partial charge in [0.2, 0.25) is 0 Å². The van der Waals surface area contributed by atoms with E-state index in [2.05, 4.69) is 62.0 Å². The number of fused-ring (bicyclic) bond motifs is 1. The van der Waals surface area contributed by atoms with Gasteiger partial charge in [0.25, 0.3) is 5.91 Å². The Balaban J connectivity index is 1.20. The fraction of sp³-hybridized carbons (Fsp3) is 0.360. The van der Waals surface area contributed by atoms with Gasteiger partial charge in [-0.2, -0.15) is 5.10 Å². The van der Waals surface area contributed by atoms with Crippen LogP contribution in [0.1, 0.15) is 28.0 Å². The van der Waals surface area contributed by atoms with Crippen molar-refractivity contribution in [1.29, 1.82) is 0 Å². The van der Waals surface area contributed by atoms with Gasteiger partial charge in [-0.05, 0) is 43.2 Å². The number of carbonyl (C=O) groups is 1. The van der Waals surface area contributed by atoms with Crippen LogP contribution >= 0.6 is 0 Å². The quantitative estimate of drug-likeness (QED) is 0.654. The maximum Gasteiger partial charge on any atom is 0.253 e. The Labute approximate surface area is 183 Å². The van der Waals surface area contributed by atoms with Crippen LogP contribution in [0.4, 0.5) is 11.5 Å². The number of anilines is 2. The number of hydrogen-bond donors (Lipinski definition) is 0. The fourth-order valence-electron chi connectivity index (χ4n) is 4.60. The number of aromatic nitrogens is 2. The third-order valence-corrected chi connectivity index (χ3v) is 6.27. The van der Waals surface area contributed by atoms with Crippen molar-refractivity contribution in [3.63, 3.8) is 0 Å². The van der Waals surface area contributed by atoms with Crippen LogP contribution in [0.3, 0.4) is 0 Å². The number of rotatable bonds is 4. The summed E-state index contributed by atoms with van der Waals surface area (Å²) >= 11 is 0. The van der Waals surface area contributed by atoms with Crippen molar-refractivity contribution in [2.75, 3.05) is 42.5 Å². The molecule has 5 rings (SSSR count). The molecule has 0 radical (unpaired) electrons. The standard InChI is InChI=1S/C25H29N5O/c1-20-18-24-29(12-5-13-30(24)26-20)19-21-8-10-22(11-9-21)25(31)28-16-14-27(15-17-28)23-6-3-2-4-7-23/h2-4,6-11,18H,5,12-17,19H2,1H3. The second-order valence-corrected chi connectivity index (χ2v) is 8.45. The number of aryl methyl sites for hydroxylation is 2. The molecule has 0 saturated carbocycles. The van der Waals surface area contributed by atoms with Gasteiger partial charge in [-0.3, -0.25) is 4.79 Å². The smallest absolute Gasteiger partial charge is 0.253 e. The highest BCUT2D eigenvalue weighted by Gasteiger charge is 2.23. The molecule has 6 nitrogen and oxygen atoms in total. The Morgan fingerprint density at radius 2 is 1.65 bits per heavy atom. The van der Waals surface area contributed by atoms with Gasteiger partial charge in [0, 0.05) is 63.1 Å². The van der Waals surface area contributed by atoms with Crippen molar-refractivity contribution in [3.05, 3.63) is 77.5 Å². The molecule has 1 fully saturated rings. The van der Waals surface area contributed by atoms with E-state index < -0.39 is 0 Å². The van der Waals surface area contributed by atoms with E-state index in [1.807, 2.05) is 30.0 Å². The van der Waals surface area contributed by atoms with Gasteiger partial charge < -0.3 is 14.7 Å². The minimum absolute atomic E-state index is 0.130. The highest BCUT2D eigenvalue weighted by atomic mass is 16.2. The van der Waals surface area contributed by atoms with E-state index in [4.69, 9.17) is 0 Å². The zero-order valence-electron chi connectivity index (χ0n) is 18.1. The molecule has 3 heterocycles. The first-order valence-corrected chi connectivity index (χ1v) is 11.1. The molecule has 2 aliphatic heterocycles. The van der Waals surface area contributed by atoms with Crippen molar-refractivity contribution in [2.24, 2.45) is 0 Å². The van der Waals surface area contributed by atoms with Gasteiger partial charge in [-0.25, -0.2) is 4.68 Å². The lowest BCUT2D eigenvalue weighted by atomic mass is 10.1. The molecule has 160 valence electrons. The first-order valence-electron chi connectivity index (χ1n) is 11.1. The topological polar surface area (TPSA) is 44.6 Å². The zero-order chi connectivity index (χ0) is 21.2. The Morgan fingerprint density at radius 3 is 2.39 bits per heavy atom. The largest absolute Gasteiger partial charge is 0.368 e. The minimum atomic E-state index is 0.130. The van der Waals surface area contributed by atoms with Crippen LogP contribution in [-0.2, 0) is 13.1 Å². The molecule has 0 spiro atoms. The lowest BCUT2D eigenvalue weighted by Crippen LogP contribution is -2.48. The first kappa shape index (κ1) is 19.7. The number of carbonyl (C=O) groups excluding carboxylic acids is 1. The van der Waals surface area contributed by atoms with Crippen LogP contribution in [-0.4, -0.2) is 53.3 Å². The van der Waals surface area contributed by atoms with E-state index in [1.54, 1.807) is 0 Å². The molecule has 3 aromatic rings. The molecular formula is C25H29N5O. The average molecular weight is 416 g/mol. The minimum Gasteiger partial charge on any atom is -0.368 e. The summed E-state index contributed by atoms with van der Waals surface area (Å²) in [7, 11) is 0. The molecular weight excluding hydrogens is 386 g/mol. The summed E-state index contributed by atoms with van der Waals surface area (Å²) in [4.78, 5) is 19.7. The van der Waals surface area contributed by atoms with Crippen LogP contribution in [0.25, 0.3) is 0 Å². The van der Waals surface area contributed by atoms with E-state index in [0.29, 0.717) is 0 Å². The maximum absolute atomic E-state index is 13.0. The lowest BCUT2D eigenvalue weighted by Gasteiger charge is -2.36. The van der Waals surface area contributed by atoms with Crippen LogP contribution < -0.4 is 9.80 Å². The van der Waals surface area contributed by atoms with E-state index in [1.165, 1.54) is 17.1 Å². The predicted octanol–water partition coefficient (Wildman–Crippen LogP) is 3.56. The summed E-state index contributed by atoms with van der Waals surface area (Å²) in [5.41, 5.74) is 4.29. The Morgan fingerprint density at radius 1 is 0.903 bits per heavy atom. The average Bonchev–Trinajstić information content (AvgIpc) is 3.21. The van der Waals surface area contributed by atoms with Gasteiger partial charge >= 0.3 is 0 Å². The van der Waals surface area contributed by atoms with Gasteiger partial charge in [0.15, 0.2) is 0 Å². The normalized spacial score (nSPS) is 16.4. The summed E-state index contributed by atoms with van der Waals surface area (Å²) in [6, 6.07) is 20.7. The van der Waals surface area contributed by atoms with E-state index in [9.17, 15) is 4.79 Å². The van der Waals surface area contributed by atoms with Crippen molar-refractivity contribution >= 4 is 17.4 Å². The predicted molar refractivity (Wildman–Crippen MR) is 124 cm³/mol. The van der Waals surface area contributed by atoms with E-state index in [-0.39, 0.29) is 5.91 Å². The summed E-state index contributed by atoms with van der Waals surface area (Å²) in [5.74, 6) is 1.33.